The van der Waals surface area contributed by atoms with Crippen molar-refractivity contribution >= 4 is 50.9 Å². The van der Waals surface area contributed by atoms with Gasteiger partial charge in [0.15, 0.2) is 5.71 Å². The van der Waals surface area contributed by atoms with Crippen LogP contribution < -0.4 is 5.35 Å². The highest BCUT2D eigenvalue weighted by Crippen LogP contribution is 2.48. The summed E-state index contributed by atoms with van der Waals surface area (Å²) in [4.78, 5) is 26.1. The van der Waals surface area contributed by atoms with Gasteiger partial charge in [0.25, 0.3) is 0 Å². The van der Waals surface area contributed by atoms with Crippen molar-refractivity contribution in [3.05, 3.63) is 94.1 Å². The Morgan fingerprint density at radius 3 is 2.23 bits per heavy atom. The zero-order valence-electron chi connectivity index (χ0n) is 28.9. The summed E-state index contributed by atoms with van der Waals surface area (Å²) in [5, 5.41) is 26.0. The first-order valence-corrected chi connectivity index (χ1v) is 18.0. The van der Waals surface area contributed by atoms with Gasteiger partial charge in [0.05, 0.1) is 22.1 Å². The molecule has 0 radical (unpaired) electrons. The smallest absolute Gasteiger partial charge is 0.335 e. The van der Waals surface area contributed by atoms with Gasteiger partial charge in [-0.1, -0.05) is 96.0 Å². The first-order chi connectivity index (χ1) is 23.3. The predicted molar refractivity (Wildman–Crippen MR) is 196 cm³/mol. The molecule has 48 heavy (non-hydrogen) atoms. The lowest BCUT2D eigenvalue weighted by atomic mass is 9.69. The number of hydrogen-bond acceptors (Lipinski definition) is 3. The molecule has 0 bridgehead atoms. The maximum Gasteiger partial charge on any atom is 0.335 e. The van der Waals surface area contributed by atoms with Crippen LogP contribution in [0.2, 0.25) is 0 Å². The monoisotopic (exact) mass is 645 g/mol. The van der Waals surface area contributed by atoms with Gasteiger partial charge in [-0.05, 0) is 55.8 Å². The number of aromatic carboxylic acids is 1. The molecule has 2 heterocycles. The van der Waals surface area contributed by atoms with E-state index >= 15 is 0 Å². The molecule has 6 rings (SSSR count). The third-order valence-electron chi connectivity index (χ3n) is 10.6. The van der Waals surface area contributed by atoms with Gasteiger partial charge in [-0.2, -0.15) is 4.58 Å². The first kappa shape index (κ1) is 33.5. The lowest BCUT2D eigenvalue weighted by Crippen LogP contribution is -2.36. The molecule has 1 aromatic heterocycles. The maximum atomic E-state index is 14.1. The van der Waals surface area contributed by atoms with Crippen LogP contribution in [0.4, 0.5) is 5.69 Å². The van der Waals surface area contributed by atoms with Crippen molar-refractivity contribution in [1.82, 2.24) is 4.57 Å². The highest BCUT2D eigenvalue weighted by atomic mass is 16.4. The Bertz CT molecular complexity index is 2030. The molecule has 0 spiro atoms. The average Bonchev–Trinajstić information content (AvgIpc) is 3.55. The van der Waals surface area contributed by atoms with Crippen molar-refractivity contribution in [3.63, 3.8) is 0 Å². The zero-order chi connectivity index (χ0) is 34.0. The highest BCUT2D eigenvalue weighted by molar-refractivity contribution is 6.27. The lowest BCUT2D eigenvalue weighted by molar-refractivity contribution is -0.433. The summed E-state index contributed by atoms with van der Waals surface area (Å²) in [6.07, 6.45) is 14.0. The third kappa shape index (κ3) is 5.59. The van der Waals surface area contributed by atoms with Gasteiger partial charge in [0.2, 0.25) is 11.5 Å². The molecule has 0 unspecified atom stereocenters. The minimum absolute atomic E-state index is 0.0344. The van der Waals surface area contributed by atoms with Crippen molar-refractivity contribution in [1.29, 1.82) is 0 Å². The van der Waals surface area contributed by atoms with Crippen molar-refractivity contribution in [2.75, 3.05) is 6.54 Å². The molecule has 0 atom stereocenters. The predicted octanol–water partition coefficient (Wildman–Crippen LogP) is 9.33. The number of carbonyl (C=O) groups is 2. The number of aliphatic hydroxyl groups is 1. The summed E-state index contributed by atoms with van der Waals surface area (Å²) in [6, 6.07) is 18.1. The number of rotatable bonds is 15. The Morgan fingerprint density at radius 1 is 0.875 bits per heavy atom. The van der Waals surface area contributed by atoms with E-state index in [0.29, 0.717) is 17.7 Å². The molecular weight excluding hydrogens is 596 g/mol. The fraction of sp³-hybridized carbons (Fsp3) is 0.405. The van der Waals surface area contributed by atoms with E-state index in [2.05, 4.69) is 73.2 Å². The van der Waals surface area contributed by atoms with Crippen LogP contribution in [0.1, 0.15) is 108 Å². The molecule has 1 aliphatic carbocycles. The number of carboxylic acids is 1. The second-order valence-corrected chi connectivity index (χ2v) is 13.5. The van der Waals surface area contributed by atoms with Crippen LogP contribution in [0, 0.1) is 0 Å². The van der Waals surface area contributed by atoms with E-state index < -0.39 is 11.4 Å². The molecule has 0 saturated carbocycles. The van der Waals surface area contributed by atoms with Crippen molar-refractivity contribution in [2.45, 2.75) is 104 Å². The SMILES string of the molecule is CCCCCCn1/c(=C/C2=C(O)C(=C\C3=[N+](CC)c4ccc(C(=O)O)cc4C3(CCCC)CCCC)/C2=O)c2cccc3cccc1c32. The molecule has 0 fully saturated rings. The largest absolute Gasteiger partial charge is 0.506 e. The van der Waals surface area contributed by atoms with Crippen LogP contribution in [0.25, 0.3) is 27.8 Å². The quantitative estimate of drug-likeness (QED) is 0.0767. The summed E-state index contributed by atoms with van der Waals surface area (Å²) in [5.74, 6) is -1.06. The van der Waals surface area contributed by atoms with Crippen molar-refractivity contribution in [2.24, 2.45) is 0 Å². The van der Waals surface area contributed by atoms with Crippen LogP contribution in [0.3, 0.4) is 0 Å². The molecule has 2 N–H and O–H groups in total. The number of ketones is 1. The summed E-state index contributed by atoms with van der Waals surface area (Å²) >= 11 is 0. The molecule has 0 saturated heterocycles. The van der Waals surface area contributed by atoms with Gasteiger partial charge < -0.3 is 14.8 Å². The number of hydrogen-bond donors (Lipinski definition) is 2. The standard InChI is InChI=1S/C42H48N2O4/c1-5-9-12-13-24-44-35-19-15-17-28-16-14-18-30(38(28)35)36(44)26-31-39(45)32(40(31)46)27-37-42(22-10-6-2,23-11-7-3)33-25-29(41(47)48)20-21-34(33)43(37)8-4/h14-21,25-27H,5-13,22-24H2,1-4H3,(H-,45,46,47,48)/p+1. The summed E-state index contributed by atoms with van der Waals surface area (Å²) in [6.45, 7) is 10.2. The maximum absolute atomic E-state index is 14.1. The fourth-order valence-electron chi connectivity index (χ4n) is 8.09. The molecule has 1 aliphatic heterocycles. The molecule has 2 aliphatic rings. The number of aryl methyl sites for hydroxylation is 1. The van der Waals surface area contributed by atoms with Crippen LogP contribution >= 0.6 is 0 Å². The van der Waals surface area contributed by atoms with Gasteiger partial charge >= 0.3 is 5.97 Å². The van der Waals surface area contributed by atoms with Crippen LogP contribution in [-0.2, 0) is 16.8 Å². The van der Waals surface area contributed by atoms with E-state index in [1.165, 1.54) is 23.6 Å². The van der Waals surface area contributed by atoms with E-state index in [-0.39, 0.29) is 17.1 Å². The van der Waals surface area contributed by atoms with Crippen LogP contribution in [-0.4, -0.2) is 43.4 Å². The minimum atomic E-state index is -0.941. The number of carboxylic acid groups (broad SMARTS) is 1. The van der Waals surface area contributed by atoms with E-state index in [1.807, 2.05) is 24.3 Å². The molecule has 250 valence electrons. The topological polar surface area (TPSA) is 82.5 Å². The molecular formula is C42H49N2O4+. The first-order valence-electron chi connectivity index (χ1n) is 18.0. The minimum Gasteiger partial charge on any atom is -0.506 e. The van der Waals surface area contributed by atoms with E-state index in [1.54, 1.807) is 6.07 Å². The second kappa shape index (κ2) is 14.0. The molecule has 0 amide bonds. The number of benzene rings is 3. The van der Waals surface area contributed by atoms with E-state index in [0.717, 1.165) is 91.1 Å². The van der Waals surface area contributed by atoms with Gasteiger partial charge in [0, 0.05) is 45.9 Å². The number of fused-ring (bicyclic) bond motifs is 1. The van der Waals surface area contributed by atoms with Crippen LogP contribution in [0.5, 0.6) is 0 Å². The second-order valence-electron chi connectivity index (χ2n) is 13.5. The Labute approximate surface area is 283 Å². The summed E-state index contributed by atoms with van der Waals surface area (Å²) < 4.78 is 4.55. The number of carbonyl (C=O) groups excluding carboxylic acids is 1. The molecule has 4 aromatic rings. The fourth-order valence-corrected chi connectivity index (χ4v) is 8.09. The lowest BCUT2D eigenvalue weighted by Gasteiger charge is -2.29. The number of allylic oxidation sites excluding steroid dienone is 3. The highest BCUT2D eigenvalue weighted by Gasteiger charge is 2.51. The van der Waals surface area contributed by atoms with Gasteiger partial charge in [0.1, 0.15) is 12.3 Å². The summed E-state index contributed by atoms with van der Waals surface area (Å²) in [7, 11) is 0. The normalized spacial score (nSPS) is 17.0. The Hall–Kier alpha value is -4.45. The van der Waals surface area contributed by atoms with E-state index in [4.69, 9.17) is 0 Å². The Morgan fingerprint density at radius 2 is 1.58 bits per heavy atom. The number of aliphatic hydroxyl groups excluding tert-OH is 1. The number of unbranched alkanes of at least 4 members (excludes halogenated alkanes) is 5. The Kier molecular flexibility index (Phi) is 9.73. The van der Waals surface area contributed by atoms with Gasteiger partial charge in [-0.25, -0.2) is 4.79 Å². The van der Waals surface area contributed by atoms with E-state index in [9.17, 15) is 19.8 Å². The number of aromatic nitrogens is 1. The zero-order valence-corrected chi connectivity index (χ0v) is 28.9. The average molecular weight is 646 g/mol. The van der Waals surface area contributed by atoms with Crippen LogP contribution in [0.15, 0.2) is 77.6 Å². The molecule has 3 aromatic carbocycles. The van der Waals surface area contributed by atoms with Gasteiger partial charge in [-0.3, -0.25) is 4.79 Å². The Balaban J connectivity index is 1.50. The number of Topliss-reactive ketones (excluding diaryl/α,β-unsaturated/α-hetero) is 1. The molecule has 6 nitrogen and oxygen atoms in total. The van der Waals surface area contributed by atoms with Gasteiger partial charge in [-0.15, -0.1) is 0 Å². The third-order valence-corrected chi connectivity index (χ3v) is 10.6. The van der Waals surface area contributed by atoms with Crippen molar-refractivity contribution < 1.29 is 24.4 Å². The summed E-state index contributed by atoms with van der Waals surface area (Å²) in [5.41, 5.74) is 4.68. The molecule has 6 heteroatoms. The number of nitrogens with zero attached hydrogens (tertiary/aromatic N) is 2. The van der Waals surface area contributed by atoms with Crippen molar-refractivity contribution in [3.8, 4) is 0 Å².